The molecular formula is C42H59N5O9. The molecule has 14 heteroatoms. The molecule has 2 heterocycles. The molecule has 14 nitrogen and oxygen atoms in total. The molecule has 2 aliphatic rings. The molecule has 4 rings (SSSR count). The molecule has 0 aromatic heterocycles. The summed E-state index contributed by atoms with van der Waals surface area (Å²) >= 11 is 0. The maximum absolute atomic E-state index is 14.7. The molecule has 306 valence electrons. The zero-order valence-electron chi connectivity index (χ0n) is 33.9. The molecule has 2 aromatic carbocycles. The minimum Gasteiger partial charge on any atom is -0.467 e. The van der Waals surface area contributed by atoms with Crippen LogP contribution in [0.5, 0.6) is 0 Å². The molecule has 2 aromatic rings. The molecule has 0 spiro atoms. The lowest BCUT2D eigenvalue weighted by atomic mass is 9.96. The van der Waals surface area contributed by atoms with E-state index in [1.165, 1.54) is 21.8 Å². The topological polar surface area (TPSA) is 155 Å². The summed E-state index contributed by atoms with van der Waals surface area (Å²) in [6.45, 7) is 11.8. The van der Waals surface area contributed by atoms with Gasteiger partial charge in [0.2, 0.25) is 17.7 Å². The van der Waals surface area contributed by atoms with Crippen LogP contribution in [0.15, 0.2) is 60.7 Å². The second kappa shape index (κ2) is 20.1. The normalized spacial score (nSPS) is 18.7. The second-order valence-corrected chi connectivity index (χ2v) is 15.8. The fourth-order valence-corrected chi connectivity index (χ4v) is 7.16. The molecule has 0 radical (unpaired) electrons. The van der Waals surface area contributed by atoms with Crippen LogP contribution in [0.2, 0.25) is 0 Å². The number of hydrogen-bond acceptors (Lipinski definition) is 9. The van der Waals surface area contributed by atoms with Gasteiger partial charge >= 0.3 is 18.2 Å². The number of rotatable bonds is 15. The molecule has 1 N–H and O–H groups in total. The molecule has 5 amide bonds. The molecule has 2 aliphatic heterocycles. The molecule has 0 saturated carbocycles. The number of carbonyl (C=O) groups is 6. The smallest absolute Gasteiger partial charge is 0.411 e. The lowest BCUT2D eigenvalue weighted by molar-refractivity contribution is -0.164. The number of methoxy groups -OCH3 is 1. The third-order valence-electron chi connectivity index (χ3n) is 9.99. The van der Waals surface area contributed by atoms with Gasteiger partial charge in [-0.1, -0.05) is 74.5 Å². The summed E-state index contributed by atoms with van der Waals surface area (Å²) in [5, 5.41) is 2.74. The molecule has 0 bridgehead atoms. The van der Waals surface area contributed by atoms with Gasteiger partial charge in [0.1, 0.15) is 36.4 Å². The summed E-state index contributed by atoms with van der Waals surface area (Å²) in [6.07, 6.45) is 0.680. The van der Waals surface area contributed by atoms with E-state index in [1.54, 1.807) is 32.6 Å². The Balaban J connectivity index is 1.52. The molecule has 0 aliphatic carbocycles. The Morgan fingerprint density at radius 3 is 1.98 bits per heavy atom. The van der Waals surface area contributed by atoms with Crippen molar-refractivity contribution in [1.82, 2.24) is 24.9 Å². The van der Waals surface area contributed by atoms with E-state index in [0.29, 0.717) is 25.8 Å². The van der Waals surface area contributed by atoms with Gasteiger partial charge in [-0.25, -0.2) is 14.4 Å². The SMILES string of the molecule is COC(=O)[C@H](CC(C)C)N1CCN(C(=O)[C@H](Cc2ccccc2)N2CCN(C(=O)OC(C)(C)C)[C@@H](CCCCNC(=O)OCc3ccccc3)C2=O)[C@@H](C)C1=O. The van der Waals surface area contributed by atoms with Crippen molar-refractivity contribution in [2.75, 3.05) is 39.8 Å². The minimum atomic E-state index is -0.969. The van der Waals surface area contributed by atoms with Crippen molar-refractivity contribution < 1.29 is 43.0 Å². The van der Waals surface area contributed by atoms with Crippen molar-refractivity contribution in [2.24, 2.45) is 5.92 Å². The van der Waals surface area contributed by atoms with E-state index in [2.05, 4.69) is 5.32 Å². The van der Waals surface area contributed by atoms with Crippen LogP contribution in [-0.4, -0.2) is 125 Å². The number of ether oxygens (including phenoxy) is 3. The average Bonchev–Trinajstić information content (AvgIpc) is 3.16. The standard InChI is InChI=1S/C42H59N5O9/c1-29(2)26-35(39(51)54-7)46-23-22-44(30(3)36(46)48)38(50)34(27-31-16-10-8-11-17-31)45-24-25-47(41(53)56-42(4,5)6)33(37(45)49)20-14-15-21-43-40(52)55-28-32-18-12-9-13-19-32/h8-13,16-19,29-30,33-35H,14-15,20-28H2,1-7H3,(H,43,52)/t30-,33-,34-,35-/m0/s1. The highest BCUT2D eigenvalue weighted by Crippen LogP contribution is 2.27. The van der Waals surface area contributed by atoms with Gasteiger partial charge in [0, 0.05) is 39.1 Å². The van der Waals surface area contributed by atoms with E-state index in [0.717, 1.165) is 11.1 Å². The highest BCUT2D eigenvalue weighted by Gasteiger charge is 2.47. The van der Waals surface area contributed by atoms with Crippen LogP contribution in [0, 0.1) is 5.92 Å². The van der Waals surface area contributed by atoms with E-state index in [1.807, 2.05) is 74.5 Å². The predicted octanol–water partition coefficient (Wildman–Crippen LogP) is 4.79. The number of amides is 5. The first-order chi connectivity index (χ1) is 26.6. The van der Waals surface area contributed by atoms with Crippen LogP contribution in [0.3, 0.4) is 0 Å². The van der Waals surface area contributed by atoms with Gasteiger partial charge in [0.25, 0.3) is 0 Å². The second-order valence-electron chi connectivity index (χ2n) is 15.8. The Morgan fingerprint density at radius 1 is 0.804 bits per heavy atom. The first-order valence-electron chi connectivity index (χ1n) is 19.6. The summed E-state index contributed by atoms with van der Waals surface area (Å²) in [4.78, 5) is 87.7. The van der Waals surface area contributed by atoms with Gasteiger partial charge in [0.05, 0.1) is 7.11 Å². The number of alkyl carbamates (subject to hydrolysis) is 1. The van der Waals surface area contributed by atoms with Crippen molar-refractivity contribution in [3.8, 4) is 0 Å². The number of hydrogen-bond donors (Lipinski definition) is 1. The van der Waals surface area contributed by atoms with E-state index in [9.17, 15) is 28.8 Å². The van der Waals surface area contributed by atoms with Crippen LogP contribution in [-0.2, 0) is 46.4 Å². The largest absolute Gasteiger partial charge is 0.467 e. The van der Waals surface area contributed by atoms with E-state index in [4.69, 9.17) is 14.2 Å². The molecule has 0 unspecified atom stereocenters. The van der Waals surface area contributed by atoms with E-state index < -0.39 is 53.8 Å². The van der Waals surface area contributed by atoms with Crippen LogP contribution < -0.4 is 5.32 Å². The monoisotopic (exact) mass is 777 g/mol. The van der Waals surface area contributed by atoms with Crippen molar-refractivity contribution in [3.05, 3.63) is 71.8 Å². The Bertz CT molecular complexity index is 1650. The van der Waals surface area contributed by atoms with Gasteiger partial charge in [-0.2, -0.15) is 0 Å². The summed E-state index contributed by atoms with van der Waals surface area (Å²) in [7, 11) is 1.30. The lowest BCUT2D eigenvalue weighted by Crippen LogP contribution is -2.67. The highest BCUT2D eigenvalue weighted by molar-refractivity contribution is 5.96. The van der Waals surface area contributed by atoms with Gasteiger partial charge in [0.15, 0.2) is 0 Å². The van der Waals surface area contributed by atoms with Crippen LogP contribution in [0.4, 0.5) is 9.59 Å². The number of piperazine rings is 2. The van der Waals surface area contributed by atoms with Gasteiger partial charge < -0.3 is 34.2 Å². The van der Waals surface area contributed by atoms with Crippen LogP contribution in [0.25, 0.3) is 0 Å². The average molecular weight is 778 g/mol. The zero-order chi connectivity index (χ0) is 41.0. The predicted molar refractivity (Wildman–Crippen MR) is 209 cm³/mol. The summed E-state index contributed by atoms with van der Waals surface area (Å²) < 4.78 is 16.0. The minimum absolute atomic E-state index is 0.0771. The number of esters is 1. The number of nitrogens with zero attached hydrogens (tertiary/aromatic N) is 4. The summed E-state index contributed by atoms with van der Waals surface area (Å²) in [5.74, 6) is -1.53. The first kappa shape index (κ1) is 43.6. The molecular weight excluding hydrogens is 718 g/mol. The first-order valence-corrected chi connectivity index (χ1v) is 19.6. The maximum atomic E-state index is 14.7. The highest BCUT2D eigenvalue weighted by atomic mass is 16.6. The van der Waals surface area contributed by atoms with Crippen molar-refractivity contribution >= 4 is 35.9 Å². The summed E-state index contributed by atoms with van der Waals surface area (Å²) in [5.41, 5.74) is 0.895. The zero-order valence-corrected chi connectivity index (χ0v) is 33.9. The van der Waals surface area contributed by atoms with E-state index >= 15 is 0 Å². The molecule has 4 atom stereocenters. The van der Waals surface area contributed by atoms with Crippen LogP contribution in [0.1, 0.15) is 78.4 Å². The number of nitrogens with one attached hydrogen (secondary N) is 1. The van der Waals surface area contributed by atoms with Crippen molar-refractivity contribution in [1.29, 1.82) is 0 Å². The lowest BCUT2D eigenvalue weighted by Gasteiger charge is -2.47. The number of carbonyl (C=O) groups excluding carboxylic acids is 6. The molecule has 2 saturated heterocycles. The Morgan fingerprint density at radius 2 is 1.39 bits per heavy atom. The Labute approximate surface area is 330 Å². The van der Waals surface area contributed by atoms with Crippen LogP contribution >= 0.6 is 0 Å². The van der Waals surface area contributed by atoms with Gasteiger partial charge in [-0.3, -0.25) is 19.3 Å². The van der Waals surface area contributed by atoms with Crippen molar-refractivity contribution in [3.63, 3.8) is 0 Å². The number of benzene rings is 2. The fraction of sp³-hybridized carbons (Fsp3) is 0.571. The summed E-state index contributed by atoms with van der Waals surface area (Å²) in [6, 6.07) is 15.1. The third kappa shape index (κ3) is 11.9. The van der Waals surface area contributed by atoms with E-state index in [-0.39, 0.29) is 63.4 Å². The fourth-order valence-electron chi connectivity index (χ4n) is 7.16. The third-order valence-corrected chi connectivity index (χ3v) is 9.99. The molecule has 2 fully saturated rings. The Kier molecular flexibility index (Phi) is 15.7. The number of unbranched alkanes of at least 4 members (excludes halogenated alkanes) is 1. The Hall–Kier alpha value is -5.14. The van der Waals surface area contributed by atoms with Gasteiger partial charge in [-0.15, -0.1) is 0 Å². The quantitative estimate of drug-likeness (QED) is 0.153. The maximum Gasteiger partial charge on any atom is 0.411 e. The van der Waals surface area contributed by atoms with Crippen molar-refractivity contribution in [2.45, 2.75) is 110 Å². The van der Waals surface area contributed by atoms with Gasteiger partial charge in [-0.05, 0) is 70.4 Å². The molecule has 56 heavy (non-hydrogen) atoms.